The number of nitrogens with zero attached hydrogens (tertiary/aromatic N) is 1. The Morgan fingerprint density at radius 1 is 1.43 bits per heavy atom. The van der Waals surface area contributed by atoms with Gasteiger partial charge in [0.2, 0.25) is 0 Å². The van der Waals surface area contributed by atoms with Gasteiger partial charge in [0, 0.05) is 18.9 Å². The summed E-state index contributed by atoms with van der Waals surface area (Å²) < 4.78 is 1.98. The van der Waals surface area contributed by atoms with Gasteiger partial charge in [-0.15, -0.1) is 0 Å². The molecule has 2 heterocycles. The first kappa shape index (κ1) is 8.87. The van der Waals surface area contributed by atoms with Crippen molar-refractivity contribution in [1.82, 2.24) is 14.5 Å². The second kappa shape index (κ2) is 3.21. The summed E-state index contributed by atoms with van der Waals surface area (Å²) in [5.74, 6) is 0. The molecule has 0 amide bonds. The van der Waals surface area contributed by atoms with Crippen LogP contribution in [0.25, 0.3) is 11.4 Å². The van der Waals surface area contributed by atoms with Crippen LogP contribution < -0.4 is 5.69 Å². The van der Waals surface area contributed by atoms with Crippen LogP contribution in [-0.4, -0.2) is 14.5 Å². The second-order valence-corrected chi connectivity index (χ2v) is 3.29. The fraction of sp³-hybridized carbons (Fsp3) is 0.300. The molecule has 2 N–H and O–H groups in total. The predicted octanol–water partition coefficient (Wildman–Crippen LogP) is 1.27. The zero-order valence-electron chi connectivity index (χ0n) is 8.29. The fourth-order valence-corrected chi connectivity index (χ4v) is 1.62. The fourth-order valence-electron chi connectivity index (χ4n) is 1.62. The molecule has 0 fully saturated rings. The normalized spacial score (nSPS) is 10.7. The van der Waals surface area contributed by atoms with Crippen molar-refractivity contribution in [3.8, 4) is 11.4 Å². The van der Waals surface area contributed by atoms with E-state index in [2.05, 4.69) is 9.97 Å². The third-order valence-electron chi connectivity index (χ3n) is 2.36. The summed E-state index contributed by atoms with van der Waals surface area (Å²) in [6.45, 7) is 2.02. The van der Waals surface area contributed by atoms with Crippen molar-refractivity contribution >= 4 is 0 Å². The van der Waals surface area contributed by atoms with Crippen LogP contribution in [0.4, 0.5) is 0 Å². The third-order valence-corrected chi connectivity index (χ3v) is 2.36. The van der Waals surface area contributed by atoms with Gasteiger partial charge in [-0.25, -0.2) is 4.79 Å². The van der Waals surface area contributed by atoms with Crippen LogP contribution in [0.3, 0.4) is 0 Å². The second-order valence-electron chi connectivity index (χ2n) is 3.29. The van der Waals surface area contributed by atoms with E-state index in [-0.39, 0.29) is 5.69 Å². The third kappa shape index (κ3) is 1.28. The van der Waals surface area contributed by atoms with E-state index in [0.717, 1.165) is 23.5 Å². The molecule has 4 nitrogen and oxygen atoms in total. The Labute approximate surface area is 81.6 Å². The molecule has 0 atom stereocenters. The molecular formula is C10H13N3O. The lowest BCUT2D eigenvalue weighted by molar-refractivity contribution is 0.927. The Hall–Kier alpha value is -1.71. The molecule has 4 heteroatoms. The predicted molar refractivity (Wildman–Crippen MR) is 55.2 cm³/mol. The molecule has 0 aliphatic heterocycles. The van der Waals surface area contributed by atoms with Gasteiger partial charge < -0.3 is 14.5 Å². The van der Waals surface area contributed by atoms with Crippen molar-refractivity contribution in [3.05, 3.63) is 34.5 Å². The zero-order valence-corrected chi connectivity index (χ0v) is 8.29. The largest absolute Gasteiger partial charge is 0.349 e. The molecule has 0 aliphatic rings. The topological polar surface area (TPSA) is 53.6 Å². The first-order chi connectivity index (χ1) is 6.72. The zero-order chi connectivity index (χ0) is 10.1. The maximum Gasteiger partial charge on any atom is 0.323 e. The number of aromatic nitrogens is 3. The number of hydrogen-bond acceptors (Lipinski definition) is 1. The molecule has 0 unspecified atom stereocenters. The molecule has 0 saturated carbocycles. The van der Waals surface area contributed by atoms with Crippen molar-refractivity contribution in [2.75, 3.05) is 0 Å². The quantitative estimate of drug-likeness (QED) is 0.738. The van der Waals surface area contributed by atoms with Crippen molar-refractivity contribution < 1.29 is 0 Å². The van der Waals surface area contributed by atoms with E-state index in [1.54, 1.807) is 0 Å². The molecule has 14 heavy (non-hydrogen) atoms. The summed E-state index contributed by atoms with van der Waals surface area (Å²) in [7, 11) is 1.96. The number of H-pyrrole nitrogens is 2. The number of aryl methyl sites for hydroxylation is 2. The molecule has 74 valence electrons. The van der Waals surface area contributed by atoms with Gasteiger partial charge in [-0.05, 0) is 18.6 Å². The molecule has 0 spiro atoms. The number of imidazole rings is 1. The number of hydrogen-bond donors (Lipinski definition) is 2. The Morgan fingerprint density at radius 3 is 2.79 bits per heavy atom. The molecule has 0 bridgehead atoms. The van der Waals surface area contributed by atoms with Gasteiger partial charge in [-0.2, -0.15) is 0 Å². The van der Waals surface area contributed by atoms with Crippen LogP contribution in [0.5, 0.6) is 0 Å². The van der Waals surface area contributed by atoms with Crippen molar-refractivity contribution in [2.24, 2.45) is 7.05 Å². The standard InChI is InChI=1S/C10H13N3O/c1-3-7-9(12-10(14)11-7)8-5-4-6-13(8)2/h4-6H,3H2,1-2H3,(H2,11,12,14). The van der Waals surface area contributed by atoms with Crippen LogP contribution in [0.1, 0.15) is 12.6 Å². The van der Waals surface area contributed by atoms with E-state index < -0.39 is 0 Å². The highest BCUT2D eigenvalue weighted by Gasteiger charge is 2.09. The van der Waals surface area contributed by atoms with Gasteiger partial charge in [-0.1, -0.05) is 6.92 Å². The lowest BCUT2D eigenvalue weighted by Gasteiger charge is -2.02. The van der Waals surface area contributed by atoms with Crippen molar-refractivity contribution in [3.63, 3.8) is 0 Å². The smallest absolute Gasteiger partial charge is 0.323 e. The molecule has 2 aromatic heterocycles. The van der Waals surface area contributed by atoms with Gasteiger partial charge in [-0.3, -0.25) is 0 Å². The molecule has 0 aromatic carbocycles. The van der Waals surface area contributed by atoms with Gasteiger partial charge in [0.1, 0.15) is 0 Å². The maximum absolute atomic E-state index is 11.2. The highest BCUT2D eigenvalue weighted by Crippen LogP contribution is 2.18. The molecule has 0 aliphatic carbocycles. The maximum atomic E-state index is 11.2. The van der Waals surface area contributed by atoms with E-state index in [4.69, 9.17) is 0 Å². The van der Waals surface area contributed by atoms with E-state index in [1.165, 1.54) is 0 Å². The highest BCUT2D eigenvalue weighted by atomic mass is 16.1. The van der Waals surface area contributed by atoms with Crippen LogP contribution in [0.15, 0.2) is 23.1 Å². The van der Waals surface area contributed by atoms with Crippen LogP contribution in [0, 0.1) is 0 Å². The lowest BCUT2D eigenvalue weighted by Crippen LogP contribution is -2.01. The minimum atomic E-state index is -0.141. The van der Waals surface area contributed by atoms with Crippen LogP contribution in [0.2, 0.25) is 0 Å². The monoisotopic (exact) mass is 191 g/mol. The highest BCUT2D eigenvalue weighted by molar-refractivity contribution is 5.58. The van der Waals surface area contributed by atoms with Crippen molar-refractivity contribution in [1.29, 1.82) is 0 Å². The minimum Gasteiger partial charge on any atom is -0.349 e. The Bertz CT molecular complexity index is 489. The summed E-state index contributed by atoms with van der Waals surface area (Å²) in [5, 5.41) is 0. The molecule has 2 rings (SSSR count). The first-order valence-corrected chi connectivity index (χ1v) is 4.65. The van der Waals surface area contributed by atoms with E-state index in [0.29, 0.717) is 0 Å². The van der Waals surface area contributed by atoms with Gasteiger partial charge in [0.05, 0.1) is 11.4 Å². The SMILES string of the molecule is CCc1[nH]c(=O)[nH]c1-c1cccn1C. The average molecular weight is 191 g/mol. The minimum absolute atomic E-state index is 0.141. The molecule has 2 aromatic rings. The molecule has 0 saturated heterocycles. The summed E-state index contributed by atoms with van der Waals surface area (Å²) >= 11 is 0. The lowest BCUT2D eigenvalue weighted by atomic mass is 10.2. The first-order valence-electron chi connectivity index (χ1n) is 4.65. The summed E-state index contributed by atoms with van der Waals surface area (Å²) in [5.41, 5.74) is 2.74. The van der Waals surface area contributed by atoms with Crippen LogP contribution >= 0.6 is 0 Å². The van der Waals surface area contributed by atoms with Gasteiger partial charge >= 0.3 is 5.69 Å². The summed E-state index contributed by atoms with van der Waals surface area (Å²) in [6.07, 6.45) is 2.78. The summed E-state index contributed by atoms with van der Waals surface area (Å²) in [6, 6.07) is 3.94. The molecule has 0 radical (unpaired) electrons. The Balaban J connectivity index is 2.61. The average Bonchev–Trinajstić information content (AvgIpc) is 2.71. The van der Waals surface area contributed by atoms with Crippen LogP contribution in [-0.2, 0) is 13.5 Å². The van der Waals surface area contributed by atoms with Gasteiger partial charge in [0.15, 0.2) is 0 Å². The van der Waals surface area contributed by atoms with Crippen molar-refractivity contribution in [2.45, 2.75) is 13.3 Å². The Kier molecular flexibility index (Phi) is 2.04. The number of rotatable bonds is 2. The van der Waals surface area contributed by atoms with Gasteiger partial charge in [0.25, 0.3) is 0 Å². The van der Waals surface area contributed by atoms with E-state index in [9.17, 15) is 4.79 Å². The van der Waals surface area contributed by atoms with E-state index in [1.807, 2.05) is 36.9 Å². The summed E-state index contributed by atoms with van der Waals surface area (Å²) in [4.78, 5) is 16.7. The Morgan fingerprint density at radius 2 is 2.21 bits per heavy atom. The molecular weight excluding hydrogens is 178 g/mol. The number of nitrogens with one attached hydrogen (secondary N) is 2. The number of aromatic amines is 2. The van der Waals surface area contributed by atoms with E-state index >= 15 is 0 Å².